The summed E-state index contributed by atoms with van der Waals surface area (Å²) in [4.78, 5) is 16.5. The van der Waals surface area contributed by atoms with Crippen molar-refractivity contribution in [3.63, 3.8) is 0 Å². The highest BCUT2D eigenvalue weighted by molar-refractivity contribution is 5.91. The van der Waals surface area contributed by atoms with Gasteiger partial charge in [0.05, 0.1) is 11.8 Å². The summed E-state index contributed by atoms with van der Waals surface area (Å²) in [6.45, 7) is 10.6. The number of carbonyl (C=O) groups is 1. The molecule has 1 N–H and O–H groups in total. The van der Waals surface area contributed by atoms with Gasteiger partial charge in [-0.05, 0) is 32.5 Å². The number of anilines is 1. The average molecular weight is 291 g/mol. The summed E-state index contributed by atoms with van der Waals surface area (Å²) in [6, 6.07) is 7.51. The van der Waals surface area contributed by atoms with Crippen LogP contribution in [0.15, 0.2) is 24.3 Å². The summed E-state index contributed by atoms with van der Waals surface area (Å²) in [6.07, 6.45) is 0.0798. The molecule has 0 aromatic heterocycles. The fourth-order valence-electron chi connectivity index (χ4n) is 2.39. The highest BCUT2D eigenvalue weighted by Crippen LogP contribution is 2.25. The minimum absolute atomic E-state index is 0.0504. The molecule has 0 saturated carbocycles. The summed E-state index contributed by atoms with van der Waals surface area (Å²) in [5.41, 5.74) is 0.731. The number of ether oxygens (including phenoxy) is 1. The highest BCUT2D eigenvalue weighted by atomic mass is 16.5. The van der Waals surface area contributed by atoms with E-state index in [4.69, 9.17) is 4.74 Å². The van der Waals surface area contributed by atoms with Gasteiger partial charge in [0.2, 0.25) is 0 Å². The number of hydrogen-bond donors (Lipinski definition) is 1. The molecule has 0 radical (unpaired) electrons. The zero-order chi connectivity index (χ0) is 15.2. The van der Waals surface area contributed by atoms with E-state index in [0.29, 0.717) is 5.75 Å². The zero-order valence-electron chi connectivity index (χ0n) is 13.1. The second-order valence-electron chi connectivity index (χ2n) is 5.51. The first-order valence-electron chi connectivity index (χ1n) is 7.64. The van der Waals surface area contributed by atoms with E-state index in [2.05, 4.69) is 17.1 Å². The Bertz CT molecular complexity index is 468. The van der Waals surface area contributed by atoms with E-state index in [1.165, 1.54) is 0 Å². The number of piperazine rings is 1. The molecule has 1 aliphatic rings. The van der Waals surface area contributed by atoms with Gasteiger partial charge in [-0.25, -0.2) is 4.79 Å². The SMILES string of the molecule is CCN1CCN(C(=O)Nc2ccccc2OC(C)C)CC1. The number of para-hydroxylation sites is 2. The van der Waals surface area contributed by atoms with E-state index < -0.39 is 0 Å². The van der Waals surface area contributed by atoms with Gasteiger partial charge in [-0.15, -0.1) is 0 Å². The molecule has 21 heavy (non-hydrogen) atoms. The maximum atomic E-state index is 12.3. The number of carbonyl (C=O) groups excluding carboxylic acids is 1. The van der Waals surface area contributed by atoms with E-state index in [9.17, 15) is 4.79 Å². The minimum atomic E-state index is -0.0504. The molecule has 1 aliphatic heterocycles. The minimum Gasteiger partial charge on any atom is -0.489 e. The third kappa shape index (κ3) is 4.36. The van der Waals surface area contributed by atoms with Gasteiger partial charge in [0, 0.05) is 26.2 Å². The second kappa shape index (κ2) is 7.31. The lowest BCUT2D eigenvalue weighted by molar-refractivity contribution is 0.151. The molecule has 2 amide bonds. The van der Waals surface area contributed by atoms with Crippen molar-refractivity contribution in [1.82, 2.24) is 9.80 Å². The number of rotatable bonds is 4. The Morgan fingerprint density at radius 1 is 1.24 bits per heavy atom. The van der Waals surface area contributed by atoms with E-state index in [1.807, 2.05) is 43.0 Å². The largest absolute Gasteiger partial charge is 0.489 e. The molecule has 0 aliphatic carbocycles. The maximum absolute atomic E-state index is 12.3. The Morgan fingerprint density at radius 3 is 2.52 bits per heavy atom. The Morgan fingerprint density at radius 2 is 1.90 bits per heavy atom. The predicted octanol–water partition coefficient (Wildman–Crippen LogP) is 2.64. The summed E-state index contributed by atoms with van der Waals surface area (Å²) in [7, 11) is 0. The van der Waals surface area contributed by atoms with Crippen LogP contribution in [0.3, 0.4) is 0 Å². The van der Waals surface area contributed by atoms with E-state index in [1.54, 1.807) is 0 Å². The maximum Gasteiger partial charge on any atom is 0.322 e. The molecule has 0 bridgehead atoms. The van der Waals surface area contributed by atoms with Gasteiger partial charge in [0.25, 0.3) is 0 Å². The van der Waals surface area contributed by atoms with Crippen LogP contribution in [0.4, 0.5) is 10.5 Å². The summed E-state index contributed by atoms with van der Waals surface area (Å²) in [5, 5.41) is 2.96. The number of amides is 2. The lowest BCUT2D eigenvalue weighted by atomic mass is 10.3. The van der Waals surface area contributed by atoms with Gasteiger partial charge >= 0.3 is 6.03 Å². The first-order valence-corrected chi connectivity index (χ1v) is 7.64. The van der Waals surface area contributed by atoms with Gasteiger partial charge in [0.1, 0.15) is 5.75 Å². The van der Waals surface area contributed by atoms with Gasteiger partial charge in [-0.1, -0.05) is 19.1 Å². The van der Waals surface area contributed by atoms with Crippen molar-refractivity contribution in [2.24, 2.45) is 0 Å². The van der Waals surface area contributed by atoms with Crippen molar-refractivity contribution >= 4 is 11.7 Å². The molecule has 0 spiro atoms. The lowest BCUT2D eigenvalue weighted by Gasteiger charge is -2.34. The molecule has 2 rings (SSSR count). The monoisotopic (exact) mass is 291 g/mol. The van der Waals surface area contributed by atoms with Crippen LogP contribution in [-0.4, -0.2) is 54.7 Å². The topological polar surface area (TPSA) is 44.8 Å². The third-order valence-corrected chi connectivity index (χ3v) is 3.60. The number of hydrogen-bond acceptors (Lipinski definition) is 3. The standard InChI is InChI=1S/C16H25N3O2/c1-4-18-9-11-19(12-10-18)16(20)17-14-7-5-6-8-15(14)21-13(2)3/h5-8,13H,4,9-12H2,1-3H3,(H,17,20). The molecule has 1 saturated heterocycles. The number of likely N-dealkylation sites (N-methyl/N-ethyl adjacent to an activating group) is 1. The highest BCUT2D eigenvalue weighted by Gasteiger charge is 2.20. The molecule has 1 fully saturated rings. The lowest BCUT2D eigenvalue weighted by Crippen LogP contribution is -2.49. The molecule has 1 heterocycles. The normalized spacial score (nSPS) is 16.1. The van der Waals surface area contributed by atoms with Gasteiger partial charge in [-0.3, -0.25) is 0 Å². The van der Waals surface area contributed by atoms with Crippen LogP contribution in [0.2, 0.25) is 0 Å². The summed E-state index contributed by atoms with van der Waals surface area (Å²) < 4.78 is 5.73. The molecule has 0 unspecified atom stereocenters. The molecule has 5 nitrogen and oxygen atoms in total. The second-order valence-corrected chi connectivity index (χ2v) is 5.51. The molecular weight excluding hydrogens is 266 g/mol. The first-order chi connectivity index (χ1) is 10.1. The fraction of sp³-hybridized carbons (Fsp3) is 0.562. The summed E-state index contributed by atoms with van der Waals surface area (Å²) >= 11 is 0. The fourth-order valence-corrected chi connectivity index (χ4v) is 2.39. The van der Waals surface area contributed by atoms with Crippen molar-refractivity contribution in [2.45, 2.75) is 26.9 Å². The van der Waals surface area contributed by atoms with Gasteiger partial charge < -0.3 is 19.9 Å². The van der Waals surface area contributed by atoms with Crippen LogP contribution >= 0.6 is 0 Å². The third-order valence-electron chi connectivity index (χ3n) is 3.60. The van der Waals surface area contributed by atoms with Crippen LogP contribution in [0, 0.1) is 0 Å². The number of nitrogens with zero attached hydrogens (tertiary/aromatic N) is 2. The number of benzene rings is 1. The summed E-state index contributed by atoms with van der Waals surface area (Å²) in [5.74, 6) is 0.716. The smallest absolute Gasteiger partial charge is 0.322 e. The molecule has 0 atom stereocenters. The van der Waals surface area contributed by atoms with E-state index in [0.717, 1.165) is 38.4 Å². The van der Waals surface area contributed by atoms with Gasteiger partial charge in [-0.2, -0.15) is 0 Å². The van der Waals surface area contributed by atoms with Crippen LogP contribution in [0.1, 0.15) is 20.8 Å². The van der Waals surface area contributed by atoms with Crippen molar-refractivity contribution in [3.8, 4) is 5.75 Å². The van der Waals surface area contributed by atoms with Crippen LogP contribution in [0.5, 0.6) is 5.75 Å². The van der Waals surface area contributed by atoms with Crippen molar-refractivity contribution < 1.29 is 9.53 Å². The van der Waals surface area contributed by atoms with E-state index >= 15 is 0 Å². The number of nitrogens with one attached hydrogen (secondary N) is 1. The van der Waals surface area contributed by atoms with Gasteiger partial charge in [0.15, 0.2) is 0 Å². The first kappa shape index (κ1) is 15.6. The van der Waals surface area contributed by atoms with Crippen molar-refractivity contribution in [3.05, 3.63) is 24.3 Å². The molecule has 116 valence electrons. The van der Waals surface area contributed by atoms with Crippen LogP contribution in [-0.2, 0) is 0 Å². The van der Waals surface area contributed by atoms with Crippen molar-refractivity contribution in [2.75, 3.05) is 38.0 Å². The predicted molar refractivity (Wildman–Crippen MR) is 84.9 cm³/mol. The average Bonchev–Trinajstić information content (AvgIpc) is 2.49. The zero-order valence-corrected chi connectivity index (χ0v) is 13.1. The van der Waals surface area contributed by atoms with E-state index in [-0.39, 0.29) is 12.1 Å². The quantitative estimate of drug-likeness (QED) is 0.927. The van der Waals surface area contributed by atoms with Crippen LogP contribution < -0.4 is 10.1 Å². The Hall–Kier alpha value is -1.75. The molecule has 1 aromatic rings. The van der Waals surface area contributed by atoms with Crippen molar-refractivity contribution in [1.29, 1.82) is 0 Å². The number of urea groups is 1. The Balaban J connectivity index is 1.97. The molecular formula is C16H25N3O2. The Kier molecular flexibility index (Phi) is 5.44. The molecule has 1 aromatic carbocycles. The molecule has 5 heteroatoms. The van der Waals surface area contributed by atoms with Crippen LogP contribution in [0.25, 0.3) is 0 Å². The Labute approximate surface area is 126 Å².